The molecule has 130 valence electrons. The van der Waals surface area contributed by atoms with E-state index in [-0.39, 0.29) is 0 Å². The number of rotatable bonds is 5. The van der Waals surface area contributed by atoms with Crippen LogP contribution in [0.5, 0.6) is 5.75 Å². The number of nitrogens with one attached hydrogen (secondary N) is 1. The SMILES string of the molecule is COc1ccccc1N=N/C(=N/Nc1ccc(C)cc1)c1ccccn1. The molecule has 0 spiro atoms. The number of pyridine rings is 1. The van der Waals surface area contributed by atoms with Crippen LogP contribution in [0.1, 0.15) is 11.3 Å². The van der Waals surface area contributed by atoms with Crippen molar-refractivity contribution in [2.75, 3.05) is 12.5 Å². The highest BCUT2D eigenvalue weighted by atomic mass is 16.5. The Morgan fingerprint density at radius 3 is 2.46 bits per heavy atom. The van der Waals surface area contributed by atoms with Gasteiger partial charge in [0, 0.05) is 6.20 Å². The van der Waals surface area contributed by atoms with Crippen molar-refractivity contribution in [3.63, 3.8) is 0 Å². The minimum Gasteiger partial charge on any atom is -0.494 e. The number of hydrazone groups is 1. The minimum absolute atomic E-state index is 0.372. The number of ether oxygens (including phenoxy) is 1. The summed E-state index contributed by atoms with van der Waals surface area (Å²) in [6.45, 7) is 2.04. The Bertz CT molecular complexity index is 905. The lowest BCUT2D eigenvalue weighted by atomic mass is 10.2. The summed E-state index contributed by atoms with van der Waals surface area (Å²) in [5.74, 6) is 1.01. The predicted octanol–water partition coefficient (Wildman–Crippen LogP) is 4.96. The maximum Gasteiger partial charge on any atom is 0.219 e. The van der Waals surface area contributed by atoms with Gasteiger partial charge in [0.15, 0.2) is 0 Å². The van der Waals surface area contributed by atoms with Gasteiger partial charge in [-0.2, -0.15) is 5.10 Å². The van der Waals surface area contributed by atoms with Gasteiger partial charge in [0.2, 0.25) is 5.84 Å². The highest BCUT2D eigenvalue weighted by molar-refractivity contribution is 5.97. The van der Waals surface area contributed by atoms with Crippen LogP contribution in [0.2, 0.25) is 0 Å². The van der Waals surface area contributed by atoms with Gasteiger partial charge >= 0.3 is 0 Å². The van der Waals surface area contributed by atoms with Crippen molar-refractivity contribution in [3.05, 3.63) is 84.2 Å². The summed E-state index contributed by atoms with van der Waals surface area (Å²) in [5, 5.41) is 12.9. The number of methoxy groups -OCH3 is 1. The molecule has 0 saturated heterocycles. The van der Waals surface area contributed by atoms with Crippen molar-refractivity contribution in [1.29, 1.82) is 0 Å². The fourth-order valence-electron chi connectivity index (χ4n) is 2.19. The molecule has 26 heavy (non-hydrogen) atoms. The molecule has 0 aliphatic carbocycles. The normalized spacial score (nSPS) is 11.5. The van der Waals surface area contributed by atoms with E-state index in [9.17, 15) is 0 Å². The molecule has 0 fully saturated rings. The molecule has 6 heteroatoms. The first-order valence-corrected chi connectivity index (χ1v) is 8.13. The van der Waals surface area contributed by atoms with Crippen molar-refractivity contribution in [2.45, 2.75) is 6.92 Å². The van der Waals surface area contributed by atoms with Gasteiger partial charge in [0.05, 0.1) is 12.8 Å². The van der Waals surface area contributed by atoms with E-state index >= 15 is 0 Å². The average Bonchev–Trinajstić information content (AvgIpc) is 2.70. The van der Waals surface area contributed by atoms with E-state index in [1.54, 1.807) is 13.3 Å². The Hall–Kier alpha value is -3.54. The molecular weight excluding hydrogens is 326 g/mol. The molecule has 0 radical (unpaired) electrons. The molecule has 0 saturated carbocycles. The lowest BCUT2D eigenvalue weighted by Crippen LogP contribution is -2.03. The molecule has 0 aliphatic heterocycles. The van der Waals surface area contributed by atoms with Gasteiger partial charge in [-0.05, 0) is 43.3 Å². The molecule has 3 aromatic rings. The highest BCUT2D eigenvalue weighted by Crippen LogP contribution is 2.26. The Balaban J connectivity index is 1.89. The zero-order chi connectivity index (χ0) is 18.2. The van der Waals surface area contributed by atoms with Crippen molar-refractivity contribution >= 4 is 17.2 Å². The molecule has 0 atom stereocenters. The van der Waals surface area contributed by atoms with Crippen LogP contribution in [-0.4, -0.2) is 17.9 Å². The molecule has 3 rings (SSSR count). The topological polar surface area (TPSA) is 71.2 Å². The molecule has 2 aromatic carbocycles. The van der Waals surface area contributed by atoms with E-state index in [0.29, 0.717) is 23.0 Å². The van der Waals surface area contributed by atoms with Crippen LogP contribution in [0, 0.1) is 6.92 Å². The third kappa shape index (κ3) is 4.51. The highest BCUT2D eigenvalue weighted by Gasteiger charge is 2.05. The summed E-state index contributed by atoms with van der Waals surface area (Å²) in [6.07, 6.45) is 1.69. The average molecular weight is 345 g/mol. The molecule has 0 unspecified atom stereocenters. The number of aromatic nitrogens is 1. The van der Waals surface area contributed by atoms with Crippen LogP contribution in [0.25, 0.3) is 0 Å². The standard InChI is InChI=1S/C20H19N5O/c1-15-10-12-16(13-11-15)22-24-20(18-8-5-6-14-21-18)25-23-17-7-3-4-9-19(17)26-2/h3-14,22H,1-2H3/b24-20+,25-23?. The van der Waals surface area contributed by atoms with E-state index in [1.165, 1.54) is 5.56 Å². The number of amidine groups is 1. The quantitative estimate of drug-likeness (QED) is 0.307. The number of nitrogens with zero attached hydrogens (tertiary/aromatic N) is 4. The van der Waals surface area contributed by atoms with Crippen LogP contribution in [0.3, 0.4) is 0 Å². The van der Waals surface area contributed by atoms with Crippen LogP contribution in [0.15, 0.2) is 88.3 Å². The first-order valence-electron chi connectivity index (χ1n) is 8.13. The molecule has 6 nitrogen and oxygen atoms in total. The maximum absolute atomic E-state index is 5.30. The molecule has 1 N–H and O–H groups in total. The Morgan fingerprint density at radius 2 is 1.73 bits per heavy atom. The van der Waals surface area contributed by atoms with Gasteiger partial charge in [0.1, 0.15) is 17.1 Å². The Kier molecular flexibility index (Phi) is 5.67. The number of anilines is 1. The van der Waals surface area contributed by atoms with Crippen LogP contribution in [0.4, 0.5) is 11.4 Å². The molecular formula is C20H19N5O. The second-order valence-corrected chi connectivity index (χ2v) is 5.50. The summed E-state index contributed by atoms with van der Waals surface area (Å²) >= 11 is 0. The maximum atomic E-state index is 5.30. The number of para-hydroxylation sites is 1. The summed E-state index contributed by atoms with van der Waals surface area (Å²) < 4.78 is 5.30. The zero-order valence-corrected chi connectivity index (χ0v) is 14.6. The van der Waals surface area contributed by atoms with Gasteiger partial charge in [-0.25, -0.2) is 0 Å². The predicted molar refractivity (Wildman–Crippen MR) is 103 cm³/mol. The van der Waals surface area contributed by atoms with E-state index in [0.717, 1.165) is 5.69 Å². The second kappa shape index (κ2) is 8.53. The summed E-state index contributed by atoms with van der Waals surface area (Å²) in [5.41, 5.74) is 6.27. The van der Waals surface area contributed by atoms with E-state index in [1.807, 2.05) is 73.7 Å². The Labute approximate surface area is 152 Å². The smallest absolute Gasteiger partial charge is 0.219 e. The zero-order valence-electron chi connectivity index (χ0n) is 14.6. The van der Waals surface area contributed by atoms with Gasteiger partial charge in [-0.3, -0.25) is 10.4 Å². The summed E-state index contributed by atoms with van der Waals surface area (Å²) in [4.78, 5) is 4.30. The summed E-state index contributed by atoms with van der Waals surface area (Å²) in [7, 11) is 1.60. The first-order chi connectivity index (χ1) is 12.8. The largest absolute Gasteiger partial charge is 0.494 e. The number of hydrogen-bond acceptors (Lipinski definition) is 5. The third-order valence-corrected chi connectivity index (χ3v) is 3.57. The van der Waals surface area contributed by atoms with Gasteiger partial charge in [-0.15, -0.1) is 10.2 Å². The number of aryl methyl sites for hydroxylation is 1. The lowest BCUT2D eigenvalue weighted by molar-refractivity contribution is 0.416. The van der Waals surface area contributed by atoms with Gasteiger partial charge in [-0.1, -0.05) is 35.9 Å². The molecule has 1 heterocycles. The van der Waals surface area contributed by atoms with E-state index in [2.05, 4.69) is 25.7 Å². The number of hydrogen-bond donors (Lipinski definition) is 1. The van der Waals surface area contributed by atoms with E-state index < -0.39 is 0 Å². The van der Waals surface area contributed by atoms with Crippen LogP contribution < -0.4 is 10.2 Å². The number of benzene rings is 2. The monoisotopic (exact) mass is 345 g/mol. The van der Waals surface area contributed by atoms with Crippen LogP contribution >= 0.6 is 0 Å². The Morgan fingerprint density at radius 1 is 0.962 bits per heavy atom. The fourth-order valence-corrected chi connectivity index (χ4v) is 2.19. The van der Waals surface area contributed by atoms with E-state index in [4.69, 9.17) is 4.74 Å². The first kappa shape index (κ1) is 17.3. The minimum atomic E-state index is 0.372. The van der Waals surface area contributed by atoms with Crippen molar-refractivity contribution < 1.29 is 4.74 Å². The fraction of sp³-hybridized carbons (Fsp3) is 0.100. The van der Waals surface area contributed by atoms with Gasteiger partial charge in [0.25, 0.3) is 0 Å². The molecule has 0 aliphatic rings. The van der Waals surface area contributed by atoms with Crippen molar-refractivity contribution in [1.82, 2.24) is 4.98 Å². The molecule has 0 amide bonds. The second-order valence-electron chi connectivity index (χ2n) is 5.50. The lowest BCUT2D eigenvalue weighted by Gasteiger charge is -2.04. The molecule has 1 aromatic heterocycles. The third-order valence-electron chi connectivity index (χ3n) is 3.57. The van der Waals surface area contributed by atoms with Crippen molar-refractivity contribution in [3.8, 4) is 5.75 Å². The summed E-state index contributed by atoms with van der Waals surface area (Å²) in [6, 6.07) is 20.9. The van der Waals surface area contributed by atoms with Crippen LogP contribution in [-0.2, 0) is 0 Å². The molecule has 0 bridgehead atoms. The number of azo groups is 1. The van der Waals surface area contributed by atoms with Gasteiger partial charge < -0.3 is 4.74 Å². The van der Waals surface area contributed by atoms with Crippen molar-refractivity contribution in [2.24, 2.45) is 15.3 Å².